The van der Waals surface area contributed by atoms with Gasteiger partial charge in [-0.05, 0) is 24.6 Å². The van der Waals surface area contributed by atoms with Gasteiger partial charge in [-0.15, -0.1) is 0 Å². The van der Waals surface area contributed by atoms with Gasteiger partial charge in [0.15, 0.2) is 0 Å². The summed E-state index contributed by atoms with van der Waals surface area (Å²) in [6.07, 6.45) is 0.186. The maximum atomic E-state index is 13.0. The molecule has 1 aliphatic rings. The molecule has 2 aromatic rings. The molecule has 4 heteroatoms. The smallest absolute Gasteiger partial charge is 0.241 e. The van der Waals surface area contributed by atoms with E-state index in [-0.39, 0.29) is 12.0 Å². The summed E-state index contributed by atoms with van der Waals surface area (Å²) < 4.78 is 5.56. The summed E-state index contributed by atoms with van der Waals surface area (Å²) in [5.41, 5.74) is 2.07. The highest BCUT2D eigenvalue weighted by Gasteiger charge is 2.23. The van der Waals surface area contributed by atoms with Gasteiger partial charge in [0.05, 0.1) is 25.8 Å². The summed E-state index contributed by atoms with van der Waals surface area (Å²) in [5.74, 6) is 0.124. The van der Waals surface area contributed by atoms with Crippen LogP contribution in [0.15, 0.2) is 60.7 Å². The Kier molecular flexibility index (Phi) is 5.62. The first-order valence-corrected chi connectivity index (χ1v) is 8.45. The first-order chi connectivity index (χ1) is 11.7. The van der Waals surface area contributed by atoms with Crippen LogP contribution in [-0.4, -0.2) is 43.2 Å². The molecule has 1 saturated heterocycles. The number of carbonyl (C=O) groups excluding carboxylic acids is 1. The lowest BCUT2D eigenvalue weighted by Crippen LogP contribution is -2.47. The van der Waals surface area contributed by atoms with Crippen LogP contribution < -0.4 is 4.90 Å². The predicted molar refractivity (Wildman–Crippen MR) is 95.9 cm³/mol. The van der Waals surface area contributed by atoms with Gasteiger partial charge in [0, 0.05) is 18.8 Å². The molecule has 3 rings (SSSR count). The third kappa shape index (κ3) is 4.43. The van der Waals surface area contributed by atoms with E-state index in [1.165, 1.54) is 0 Å². The van der Waals surface area contributed by atoms with E-state index in [0.717, 1.165) is 24.3 Å². The van der Waals surface area contributed by atoms with Crippen molar-refractivity contribution in [2.45, 2.75) is 19.6 Å². The fraction of sp³-hybridized carbons (Fsp3) is 0.350. The Labute approximate surface area is 143 Å². The predicted octanol–water partition coefficient (Wildman–Crippen LogP) is 2.94. The average Bonchev–Trinajstić information content (AvgIpc) is 2.61. The highest BCUT2D eigenvalue weighted by atomic mass is 16.5. The van der Waals surface area contributed by atoms with Crippen molar-refractivity contribution < 1.29 is 9.53 Å². The monoisotopic (exact) mass is 324 g/mol. The molecule has 0 N–H and O–H groups in total. The molecule has 1 atom stereocenters. The zero-order valence-electron chi connectivity index (χ0n) is 14.1. The van der Waals surface area contributed by atoms with Crippen LogP contribution in [-0.2, 0) is 16.1 Å². The Morgan fingerprint density at radius 2 is 1.79 bits per heavy atom. The Morgan fingerprint density at radius 1 is 1.12 bits per heavy atom. The molecule has 1 fully saturated rings. The first-order valence-electron chi connectivity index (χ1n) is 8.45. The molecule has 126 valence electrons. The minimum absolute atomic E-state index is 0.124. The summed E-state index contributed by atoms with van der Waals surface area (Å²) in [6, 6.07) is 20.0. The van der Waals surface area contributed by atoms with E-state index in [9.17, 15) is 4.79 Å². The minimum Gasteiger partial charge on any atom is -0.376 e. The molecule has 1 heterocycles. The Bertz CT molecular complexity index is 645. The summed E-state index contributed by atoms with van der Waals surface area (Å²) in [5, 5.41) is 0. The minimum atomic E-state index is 0.124. The van der Waals surface area contributed by atoms with Gasteiger partial charge in [0.2, 0.25) is 5.91 Å². The van der Waals surface area contributed by atoms with E-state index in [4.69, 9.17) is 4.74 Å². The molecule has 1 amide bonds. The molecule has 0 spiro atoms. The number of amides is 1. The molecule has 0 radical (unpaired) electrons. The summed E-state index contributed by atoms with van der Waals surface area (Å²) >= 11 is 0. The van der Waals surface area contributed by atoms with Gasteiger partial charge in [-0.2, -0.15) is 0 Å². The van der Waals surface area contributed by atoms with Crippen LogP contribution in [0, 0.1) is 0 Å². The second kappa shape index (κ2) is 8.08. The number of nitrogens with zero attached hydrogens (tertiary/aromatic N) is 2. The number of rotatable bonds is 5. The van der Waals surface area contributed by atoms with E-state index in [1.807, 2.05) is 53.4 Å². The number of hydrogen-bond acceptors (Lipinski definition) is 3. The van der Waals surface area contributed by atoms with Crippen LogP contribution in [0.4, 0.5) is 5.69 Å². The molecule has 2 aromatic carbocycles. The number of anilines is 1. The van der Waals surface area contributed by atoms with Gasteiger partial charge in [-0.25, -0.2) is 0 Å². The highest BCUT2D eigenvalue weighted by molar-refractivity contribution is 5.94. The molecule has 24 heavy (non-hydrogen) atoms. The largest absolute Gasteiger partial charge is 0.376 e. The third-order valence-corrected chi connectivity index (χ3v) is 4.24. The Balaban J connectivity index is 1.75. The van der Waals surface area contributed by atoms with E-state index < -0.39 is 0 Å². The first kappa shape index (κ1) is 16.7. The fourth-order valence-electron chi connectivity index (χ4n) is 3.01. The zero-order chi connectivity index (χ0) is 16.8. The normalized spacial score (nSPS) is 18.3. The van der Waals surface area contributed by atoms with Crippen LogP contribution in [0.1, 0.15) is 12.5 Å². The zero-order valence-corrected chi connectivity index (χ0v) is 14.1. The number of morpholine rings is 1. The van der Waals surface area contributed by atoms with Gasteiger partial charge >= 0.3 is 0 Å². The summed E-state index contributed by atoms with van der Waals surface area (Å²) in [4.78, 5) is 17.0. The van der Waals surface area contributed by atoms with Crippen molar-refractivity contribution in [3.63, 3.8) is 0 Å². The van der Waals surface area contributed by atoms with Gasteiger partial charge in [-0.3, -0.25) is 9.69 Å². The standard InChI is InChI=1S/C20H24N2O2/c1-17-14-21(12-13-24-17)16-20(23)22(19-10-6-3-7-11-19)15-18-8-4-2-5-9-18/h2-11,17H,12-16H2,1H3. The Hall–Kier alpha value is -2.17. The maximum Gasteiger partial charge on any atom is 0.241 e. The van der Waals surface area contributed by atoms with Crippen LogP contribution >= 0.6 is 0 Å². The van der Waals surface area contributed by atoms with Crippen LogP contribution in [0.3, 0.4) is 0 Å². The van der Waals surface area contributed by atoms with Gasteiger partial charge in [0.1, 0.15) is 0 Å². The van der Waals surface area contributed by atoms with E-state index in [1.54, 1.807) is 0 Å². The van der Waals surface area contributed by atoms with Gasteiger partial charge in [-0.1, -0.05) is 48.5 Å². The quantitative estimate of drug-likeness (QED) is 0.848. The molecule has 4 nitrogen and oxygen atoms in total. The number of benzene rings is 2. The van der Waals surface area contributed by atoms with Crippen LogP contribution in [0.2, 0.25) is 0 Å². The molecule has 0 saturated carbocycles. The number of ether oxygens (including phenoxy) is 1. The van der Waals surface area contributed by atoms with Crippen molar-refractivity contribution >= 4 is 11.6 Å². The topological polar surface area (TPSA) is 32.8 Å². The molecule has 0 aliphatic carbocycles. The number of para-hydroxylation sites is 1. The van der Waals surface area contributed by atoms with Crippen molar-refractivity contribution in [3.8, 4) is 0 Å². The molecule has 1 unspecified atom stereocenters. The van der Waals surface area contributed by atoms with Crippen molar-refractivity contribution in [2.24, 2.45) is 0 Å². The molecular formula is C20H24N2O2. The van der Waals surface area contributed by atoms with Crippen LogP contribution in [0.25, 0.3) is 0 Å². The molecule has 1 aliphatic heterocycles. The highest BCUT2D eigenvalue weighted by Crippen LogP contribution is 2.18. The van der Waals surface area contributed by atoms with Crippen molar-refractivity contribution in [2.75, 3.05) is 31.1 Å². The average molecular weight is 324 g/mol. The third-order valence-electron chi connectivity index (χ3n) is 4.24. The van der Waals surface area contributed by atoms with Crippen LogP contribution in [0.5, 0.6) is 0 Å². The lowest BCUT2D eigenvalue weighted by molar-refractivity contribution is -0.121. The SMILES string of the molecule is CC1CN(CC(=O)N(Cc2ccccc2)c2ccccc2)CCO1. The second-order valence-electron chi connectivity index (χ2n) is 6.22. The van der Waals surface area contributed by atoms with Crippen molar-refractivity contribution in [1.82, 2.24) is 4.90 Å². The summed E-state index contributed by atoms with van der Waals surface area (Å²) in [6.45, 7) is 5.37. The maximum absolute atomic E-state index is 13.0. The van der Waals surface area contributed by atoms with Gasteiger partial charge in [0.25, 0.3) is 0 Å². The second-order valence-corrected chi connectivity index (χ2v) is 6.22. The van der Waals surface area contributed by atoms with Crippen molar-refractivity contribution in [3.05, 3.63) is 66.2 Å². The van der Waals surface area contributed by atoms with E-state index in [2.05, 4.69) is 24.0 Å². The molecule has 0 aromatic heterocycles. The lowest BCUT2D eigenvalue weighted by atomic mass is 10.2. The lowest BCUT2D eigenvalue weighted by Gasteiger charge is -2.32. The number of carbonyl (C=O) groups is 1. The van der Waals surface area contributed by atoms with Crippen molar-refractivity contribution in [1.29, 1.82) is 0 Å². The fourth-order valence-corrected chi connectivity index (χ4v) is 3.01. The van der Waals surface area contributed by atoms with E-state index in [0.29, 0.717) is 19.7 Å². The number of hydrogen-bond donors (Lipinski definition) is 0. The van der Waals surface area contributed by atoms with E-state index >= 15 is 0 Å². The summed E-state index contributed by atoms with van der Waals surface area (Å²) in [7, 11) is 0. The molecular weight excluding hydrogens is 300 g/mol. The molecule has 0 bridgehead atoms. The Morgan fingerprint density at radius 3 is 2.46 bits per heavy atom. The van der Waals surface area contributed by atoms with Gasteiger partial charge < -0.3 is 9.64 Å².